The van der Waals surface area contributed by atoms with E-state index in [4.69, 9.17) is 16.3 Å². The number of hydrogen-bond donors (Lipinski definition) is 1. The van der Waals surface area contributed by atoms with Crippen molar-refractivity contribution in [2.45, 2.75) is 20.1 Å². The first-order valence-electron chi connectivity index (χ1n) is 8.85. The van der Waals surface area contributed by atoms with Gasteiger partial charge in [0.15, 0.2) is 0 Å². The second-order valence-electron chi connectivity index (χ2n) is 6.39. The van der Waals surface area contributed by atoms with Crippen molar-refractivity contribution in [3.63, 3.8) is 0 Å². The molecule has 1 N–H and O–H groups in total. The number of aromatic nitrogens is 2. The Morgan fingerprint density at radius 1 is 1.28 bits per heavy atom. The van der Waals surface area contributed by atoms with Gasteiger partial charge in [-0.3, -0.25) is 19.6 Å². The second kappa shape index (κ2) is 9.20. The van der Waals surface area contributed by atoms with Gasteiger partial charge in [-0.1, -0.05) is 29.8 Å². The van der Waals surface area contributed by atoms with Gasteiger partial charge in [-0.05, 0) is 42.3 Å². The molecule has 8 nitrogen and oxygen atoms in total. The van der Waals surface area contributed by atoms with Crippen LogP contribution in [-0.4, -0.2) is 27.2 Å². The average Bonchev–Trinajstić information content (AvgIpc) is 3.18. The first-order valence-corrected chi connectivity index (χ1v) is 9.23. The van der Waals surface area contributed by atoms with E-state index >= 15 is 0 Å². The minimum absolute atomic E-state index is 0.0823. The van der Waals surface area contributed by atoms with Crippen molar-refractivity contribution in [2.75, 3.05) is 6.54 Å². The van der Waals surface area contributed by atoms with Crippen LogP contribution < -0.4 is 10.1 Å². The Kier molecular flexibility index (Phi) is 6.46. The molecule has 0 saturated carbocycles. The van der Waals surface area contributed by atoms with Gasteiger partial charge in [0.05, 0.1) is 16.5 Å². The van der Waals surface area contributed by atoms with E-state index in [-0.39, 0.29) is 11.6 Å². The summed E-state index contributed by atoms with van der Waals surface area (Å²) in [7, 11) is 0. The fourth-order valence-electron chi connectivity index (χ4n) is 2.59. The lowest BCUT2D eigenvalue weighted by molar-refractivity contribution is -0.385. The van der Waals surface area contributed by atoms with Crippen LogP contribution in [0.15, 0.2) is 54.9 Å². The van der Waals surface area contributed by atoms with Crippen LogP contribution in [0, 0.1) is 17.0 Å². The van der Waals surface area contributed by atoms with E-state index in [1.165, 1.54) is 17.1 Å². The maximum atomic E-state index is 12.2. The third-order valence-electron chi connectivity index (χ3n) is 4.15. The van der Waals surface area contributed by atoms with E-state index in [0.717, 1.165) is 11.1 Å². The first kappa shape index (κ1) is 20.3. The van der Waals surface area contributed by atoms with Crippen molar-refractivity contribution >= 4 is 23.2 Å². The highest BCUT2D eigenvalue weighted by molar-refractivity contribution is 6.32. The zero-order chi connectivity index (χ0) is 20.8. The van der Waals surface area contributed by atoms with Crippen molar-refractivity contribution in [2.24, 2.45) is 0 Å². The molecule has 0 spiro atoms. The molecule has 150 valence electrons. The molecule has 1 heterocycles. The van der Waals surface area contributed by atoms with Crippen LogP contribution in [0.2, 0.25) is 5.02 Å². The van der Waals surface area contributed by atoms with Crippen LogP contribution in [0.1, 0.15) is 21.5 Å². The SMILES string of the molecule is Cc1ccc(Cl)c(OCc2ccc(C(=O)NCCn3cc([N+](=O)[O-])cn3)cc2)c1. The van der Waals surface area contributed by atoms with E-state index < -0.39 is 4.92 Å². The van der Waals surface area contributed by atoms with Gasteiger partial charge in [-0.15, -0.1) is 0 Å². The summed E-state index contributed by atoms with van der Waals surface area (Å²) in [5, 5.41) is 17.8. The van der Waals surface area contributed by atoms with Crippen molar-refractivity contribution in [1.29, 1.82) is 0 Å². The van der Waals surface area contributed by atoms with Crippen LogP contribution >= 0.6 is 11.6 Å². The van der Waals surface area contributed by atoms with Crippen LogP contribution in [0.3, 0.4) is 0 Å². The molecular weight excluding hydrogens is 396 g/mol. The van der Waals surface area contributed by atoms with E-state index in [1.54, 1.807) is 18.2 Å². The topological polar surface area (TPSA) is 99.3 Å². The molecule has 3 aromatic rings. The predicted molar refractivity (Wildman–Crippen MR) is 108 cm³/mol. The second-order valence-corrected chi connectivity index (χ2v) is 6.80. The molecule has 0 bridgehead atoms. The minimum atomic E-state index is -0.514. The van der Waals surface area contributed by atoms with Gasteiger partial charge in [0.1, 0.15) is 24.8 Å². The first-order chi connectivity index (χ1) is 13.9. The third-order valence-corrected chi connectivity index (χ3v) is 4.47. The molecule has 0 radical (unpaired) electrons. The minimum Gasteiger partial charge on any atom is -0.487 e. The highest BCUT2D eigenvalue weighted by atomic mass is 35.5. The number of aryl methyl sites for hydroxylation is 1. The number of nitrogens with zero attached hydrogens (tertiary/aromatic N) is 3. The van der Waals surface area contributed by atoms with E-state index in [0.29, 0.717) is 36.0 Å². The third kappa shape index (κ3) is 5.55. The van der Waals surface area contributed by atoms with E-state index in [1.807, 2.05) is 31.2 Å². The normalized spacial score (nSPS) is 10.6. The molecule has 1 aromatic heterocycles. The fraction of sp³-hybridized carbons (Fsp3) is 0.200. The molecule has 0 aliphatic heterocycles. The summed E-state index contributed by atoms with van der Waals surface area (Å²) in [5.74, 6) is 0.383. The highest BCUT2D eigenvalue weighted by Gasteiger charge is 2.10. The quantitative estimate of drug-likeness (QED) is 0.447. The number of nitro groups is 1. The van der Waals surface area contributed by atoms with Crippen LogP contribution in [-0.2, 0) is 13.2 Å². The van der Waals surface area contributed by atoms with Gasteiger partial charge in [-0.2, -0.15) is 5.10 Å². The number of carbonyl (C=O) groups excluding carboxylic acids is 1. The average molecular weight is 415 g/mol. The molecule has 2 aromatic carbocycles. The molecule has 0 unspecified atom stereocenters. The molecule has 0 aliphatic carbocycles. The van der Waals surface area contributed by atoms with Crippen LogP contribution in [0.4, 0.5) is 5.69 Å². The molecule has 9 heteroatoms. The Hall–Kier alpha value is -3.39. The smallest absolute Gasteiger partial charge is 0.306 e. The van der Waals surface area contributed by atoms with Gasteiger partial charge >= 0.3 is 5.69 Å². The molecule has 1 amide bonds. The van der Waals surface area contributed by atoms with Crippen LogP contribution in [0.25, 0.3) is 0 Å². The van der Waals surface area contributed by atoms with Crippen molar-refractivity contribution < 1.29 is 14.5 Å². The number of ether oxygens (including phenoxy) is 1. The lowest BCUT2D eigenvalue weighted by Crippen LogP contribution is -2.27. The number of halogens is 1. The maximum Gasteiger partial charge on any atom is 0.306 e. The van der Waals surface area contributed by atoms with Gasteiger partial charge in [0.2, 0.25) is 0 Å². The number of amides is 1. The summed E-state index contributed by atoms with van der Waals surface area (Å²) in [6, 6.07) is 12.6. The lowest BCUT2D eigenvalue weighted by Gasteiger charge is -2.10. The Balaban J connectivity index is 1.49. The molecule has 0 aliphatic rings. The zero-order valence-corrected chi connectivity index (χ0v) is 16.4. The summed E-state index contributed by atoms with van der Waals surface area (Å²) in [6.07, 6.45) is 2.49. The largest absolute Gasteiger partial charge is 0.487 e. The summed E-state index contributed by atoms with van der Waals surface area (Å²) in [6.45, 7) is 2.94. The number of hydrogen-bond acceptors (Lipinski definition) is 5. The van der Waals surface area contributed by atoms with Gasteiger partial charge in [-0.25, -0.2) is 0 Å². The molecular formula is C20H19ClN4O4. The predicted octanol–water partition coefficient (Wildman–Crippen LogP) is 3.76. The molecule has 29 heavy (non-hydrogen) atoms. The van der Waals surface area contributed by atoms with Gasteiger partial charge in [0, 0.05) is 12.1 Å². The number of nitrogens with one attached hydrogen (secondary N) is 1. The zero-order valence-electron chi connectivity index (χ0n) is 15.7. The Bertz CT molecular complexity index is 1020. The van der Waals surface area contributed by atoms with Gasteiger partial charge in [0.25, 0.3) is 5.91 Å². The lowest BCUT2D eigenvalue weighted by atomic mass is 10.1. The standard InChI is InChI=1S/C20H19ClN4O4/c1-14-2-7-18(21)19(10-14)29-13-15-3-5-16(6-4-15)20(26)22-8-9-24-12-17(11-23-24)25(27)28/h2-7,10-12H,8-9,13H2,1H3,(H,22,26). The Labute approximate surface area is 172 Å². The van der Waals surface area contributed by atoms with Crippen molar-refractivity contribution in [1.82, 2.24) is 15.1 Å². The molecule has 3 rings (SSSR count). The summed E-state index contributed by atoms with van der Waals surface area (Å²) in [5.41, 5.74) is 2.39. The van der Waals surface area contributed by atoms with E-state index in [9.17, 15) is 14.9 Å². The molecule has 0 saturated heterocycles. The molecule has 0 atom stereocenters. The summed E-state index contributed by atoms with van der Waals surface area (Å²) < 4.78 is 7.16. The molecule has 0 fully saturated rings. The van der Waals surface area contributed by atoms with E-state index in [2.05, 4.69) is 10.4 Å². The number of benzene rings is 2. The summed E-state index contributed by atoms with van der Waals surface area (Å²) in [4.78, 5) is 22.3. The van der Waals surface area contributed by atoms with Gasteiger partial charge < -0.3 is 10.1 Å². The van der Waals surface area contributed by atoms with Crippen molar-refractivity contribution in [3.05, 3.63) is 86.7 Å². The monoisotopic (exact) mass is 414 g/mol. The highest BCUT2D eigenvalue weighted by Crippen LogP contribution is 2.26. The van der Waals surface area contributed by atoms with Crippen molar-refractivity contribution in [3.8, 4) is 5.75 Å². The maximum absolute atomic E-state index is 12.2. The number of rotatable bonds is 8. The fourth-order valence-corrected chi connectivity index (χ4v) is 2.76. The number of carbonyl (C=O) groups is 1. The Morgan fingerprint density at radius 3 is 2.72 bits per heavy atom. The summed E-state index contributed by atoms with van der Waals surface area (Å²) >= 11 is 6.12. The Morgan fingerprint density at radius 2 is 2.03 bits per heavy atom. The van der Waals surface area contributed by atoms with Crippen LogP contribution in [0.5, 0.6) is 5.75 Å².